The lowest BCUT2D eigenvalue weighted by atomic mass is 10.2. The molecule has 0 amide bonds. The standard InChI is InChI=1S/C13H12N2O5/c1-8-4-10(15(18)19)2-3-12(8)14-6-11-5-9(7-20-11)13(16)17/h2-5,7,14H,6H2,1H3,(H,16,17). The van der Waals surface area contributed by atoms with Crippen LogP contribution >= 0.6 is 0 Å². The van der Waals surface area contributed by atoms with Crippen molar-refractivity contribution >= 4 is 17.3 Å². The summed E-state index contributed by atoms with van der Waals surface area (Å²) in [7, 11) is 0. The fraction of sp³-hybridized carbons (Fsp3) is 0.154. The predicted molar refractivity (Wildman–Crippen MR) is 70.8 cm³/mol. The van der Waals surface area contributed by atoms with Crippen LogP contribution in [0.2, 0.25) is 0 Å². The fourth-order valence-corrected chi connectivity index (χ4v) is 1.73. The number of furan rings is 1. The zero-order valence-corrected chi connectivity index (χ0v) is 10.6. The van der Waals surface area contributed by atoms with Gasteiger partial charge in [0.15, 0.2) is 0 Å². The van der Waals surface area contributed by atoms with Crippen molar-refractivity contribution in [1.82, 2.24) is 0 Å². The Morgan fingerprint density at radius 3 is 2.75 bits per heavy atom. The highest BCUT2D eigenvalue weighted by Gasteiger charge is 2.10. The summed E-state index contributed by atoms with van der Waals surface area (Å²) in [5, 5.41) is 22.4. The fourth-order valence-electron chi connectivity index (χ4n) is 1.73. The molecule has 0 saturated carbocycles. The largest absolute Gasteiger partial charge is 0.478 e. The number of rotatable bonds is 5. The molecule has 2 rings (SSSR count). The molecular weight excluding hydrogens is 264 g/mol. The van der Waals surface area contributed by atoms with Gasteiger partial charge in [-0.05, 0) is 24.6 Å². The maximum Gasteiger partial charge on any atom is 0.338 e. The van der Waals surface area contributed by atoms with E-state index >= 15 is 0 Å². The molecule has 0 aliphatic carbocycles. The van der Waals surface area contributed by atoms with Crippen LogP contribution in [0.3, 0.4) is 0 Å². The molecule has 1 heterocycles. The van der Waals surface area contributed by atoms with Crippen LogP contribution in [0, 0.1) is 17.0 Å². The van der Waals surface area contributed by atoms with E-state index in [9.17, 15) is 14.9 Å². The first-order valence-electron chi connectivity index (χ1n) is 5.77. The first-order valence-corrected chi connectivity index (χ1v) is 5.77. The summed E-state index contributed by atoms with van der Waals surface area (Å²) in [6.07, 6.45) is 1.17. The van der Waals surface area contributed by atoms with Gasteiger partial charge in [-0.3, -0.25) is 10.1 Å². The molecule has 0 aliphatic heterocycles. The number of nitro benzene ring substituents is 1. The van der Waals surface area contributed by atoms with Gasteiger partial charge in [-0.25, -0.2) is 4.79 Å². The number of carbonyl (C=O) groups is 1. The molecule has 1 aromatic carbocycles. The lowest BCUT2D eigenvalue weighted by Crippen LogP contribution is -2.01. The normalized spacial score (nSPS) is 10.2. The van der Waals surface area contributed by atoms with Crippen molar-refractivity contribution < 1.29 is 19.2 Å². The van der Waals surface area contributed by atoms with Crippen molar-refractivity contribution in [3.63, 3.8) is 0 Å². The van der Waals surface area contributed by atoms with Gasteiger partial charge in [0.1, 0.15) is 12.0 Å². The van der Waals surface area contributed by atoms with Gasteiger partial charge in [-0.2, -0.15) is 0 Å². The number of hydrogen-bond donors (Lipinski definition) is 2. The van der Waals surface area contributed by atoms with E-state index in [1.165, 1.54) is 24.5 Å². The summed E-state index contributed by atoms with van der Waals surface area (Å²) in [6.45, 7) is 2.05. The van der Waals surface area contributed by atoms with E-state index in [0.717, 1.165) is 11.3 Å². The quantitative estimate of drug-likeness (QED) is 0.642. The Hall–Kier alpha value is -2.83. The second kappa shape index (κ2) is 5.43. The molecule has 20 heavy (non-hydrogen) atoms. The summed E-state index contributed by atoms with van der Waals surface area (Å²) < 4.78 is 5.10. The van der Waals surface area contributed by atoms with Crippen molar-refractivity contribution in [2.75, 3.05) is 5.32 Å². The molecule has 0 bridgehead atoms. The Morgan fingerprint density at radius 2 is 2.20 bits per heavy atom. The van der Waals surface area contributed by atoms with E-state index in [2.05, 4.69) is 5.32 Å². The summed E-state index contributed by atoms with van der Waals surface area (Å²) >= 11 is 0. The first kappa shape index (κ1) is 13.6. The number of anilines is 1. The minimum absolute atomic E-state index is 0.0270. The Balaban J connectivity index is 2.06. The monoisotopic (exact) mass is 276 g/mol. The molecule has 0 fully saturated rings. The number of aryl methyl sites for hydroxylation is 1. The molecule has 0 unspecified atom stereocenters. The van der Waals surface area contributed by atoms with Crippen molar-refractivity contribution in [1.29, 1.82) is 0 Å². The number of carboxylic acids is 1. The molecule has 0 aliphatic rings. The zero-order valence-electron chi connectivity index (χ0n) is 10.6. The molecule has 7 nitrogen and oxygen atoms in total. The number of nitrogens with one attached hydrogen (secondary N) is 1. The van der Waals surface area contributed by atoms with Crippen LogP contribution in [0.5, 0.6) is 0 Å². The lowest BCUT2D eigenvalue weighted by Gasteiger charge is -2.07. The van der Waals surface area contributed by atoms with Gasteiger partial charge in [0, 0.05) is 17.8 Å². The first-order chi connectivity index (χ1) is 9.47. The van der Waals surface area contributed by atoms with Gasteiger partial charge in [0.25, 0.3) is 5.69 Å². The third kappa shape index (κ3) is 2.94. The molecular formula is C13H12N2O5. The Kier molecular flexibility index (Phi) is 3.69. The number of nitrogens with zero attached hydrogens (tertiary/aromatic N) is 1. The Labute approximate surface area is 114 Å². The van der Waals surface area contributed by atoms with Crippen molar-refractivity contribution in [3.8, 4) is 0 Å². The molecule has 0 radical (unpaired) electrons. The number of hydrogen-bond acceptors (Lipinski definition) is 5. The third-order valence-corrected chi connectivity index (χ3v) is 2.77. The van der Waals surface area contributed by atoms with E-state index in [0.29, 0.717) is 12.3 Å². The van der Waals surface area contributed by atoms with Crippen molar-refractivity contribution in [2.24, 2.45) is 0 Å². The summed E-state index contributed by atoms with van der Waals surface area (Å²) in [4.78, 5) is 20.9. The zero-order chi connectivity index (χ0) is 14.7. The number of aromatic carboxylic acids is 1. The van der Waals surface area contributed by atoms with Gasteiger partial charge in [0.2, 0.25) is 0 Å². The van der Waals surface area contributed by atoms with Crippen LogP contribution in [0.4, 0.5) is 11.4 Å². The second-order valence-electron chi connectivity index (χ2n) is 4.22. The number of non-ortho nitro benzene ring substituents is 1. The van der Waals surface area contributed by atoms with E-state index < -0.39 is 10.9 Å². The van der Waals surface area contributed by atoms with Crippen LogP contribution < -0.4 is 5.32 Å². The highest BCUT2D eigenvalue weighted by molar-refractivity contribution is 5.87. The maximum absolute atomic E-state index is 10.7. The maximum atomic E-state index is 10.7. The Morgan fingerprint density at radius 1 is 1.45 bits per heavy atom. The summed E-state index contributed by atoms with van der Waals surface area (Å²) in [5.41, 5.74) is 1.56. The number of benzene rings is 1. The van der Waals surface area contributed by atoms with Crippen molar-refractivity contribution in [3.05, 3.63) is 57.5 Å². The topological polar surface area (TPSA) is 106 Å². The predicted octanol–water partition coefficient (Wildman–Crippen LogP) is 2.81. The smallest absolute Gasteiger partial charge is 0.338 e. The Bertz CT molecular complexity index is 663. The minimum Gasteiger partial charge on any atom is -0.478 e. The van der Waals surface area contributed by atoms with Crippen LogP contribution in [-0.2, 0) is 6.54 Å². The van der Waals surface area contributed by atoms with Gasteiger partial charge >= 0.3 is 5.97 Å². The summed E-state index contributed by atoms with van der Waals surface area (Å²) in [6, 6.07) is 5.90. The number of nitro groups is 1. The molecule has 0 atom stereocenters. The van der Waals surface area contributed by atoms with Crippen molar-refractivity contribution in [2.45, 2.75) is 13.5 Å². The molecule has 1 aromatic heterocycles. The van der Waals surface area contributed by atoms with Crippen LogP contribution in [0.25, 0.3) is 0 Å². The van der Waals surface area contributed by atoms with Crippen LogP contribution in [-0.4, -0.2) is 16.0 Å². The second-order valence-corrected chi connectivity index (χ2v) is 4.22. The molecule has 0 spiro atoms. The lowest BCUT2D eigenvalue weighted by molar-refractivity contribution is -0.384. The van der Waals surface area contributed by atoms with Gasteiger partial charge < -0.3 is 14.8 Å². The van der Waals surface area contributed by atoms with Gasteiger partial charge in [-0.15, -0.1) is 0 Å². The molecule has 2 N–H and O–H groups in total. The highest BCUT2D eigenvalue weighted by Crippen LogP contribution is 2.22. The molecule has 2 aromatic rings. The van der Waals surface area contributed by atoms with E-state index in [4.69, 9.17) is 9.52 Å². The third-order valence-electron chi connectivity index (χ3n) is 2.77. The average Bonchev–Trinajstić information content (AvgIpc) is 2.86. The van der Waals surface area contributed by atoms with Gasteiger partial charge in [0.05, 0.1) is 17.0 Å². The minimum atomic E-state index is -1.05. The number of carboxylic acid groups (broad SMARTS) is 1. The van der Waals surface area contributed by atoms with Crippen LogP contribution in [0.15, 0.2) is 34.9 Å². The van der Waals surface area contributed by atoms with Gasteiger partial charge in [-0.1, -0.05) is 0 Å². The molecule has 7 heteroatoms. The highest BCUT2D eigenvalue weighted by atomic mass is 16.6. The van der Waals surface area contributed by atoms with E-state index in [1.54, 1.807) is 13.0 Å². The molecule has 0 saturated heterocycles. The van der Waals surface area contributed by atoms with Crippen LogP contribution in [0.1, 0.15) is 21.7 Å². The van der Waals surface area contributed by atoms with E-state index in [-0.39, 0.29) is 11.3 Å². The molecule has 104 valence electrons. The van der Waals surface area contributed by atoms with E-state index in [1.807, 2.05) is 0 Å². The summed E-state index contributed by atoms with van der Waals surface area (Å²) in [5.74, 6) is -0.577. The average molecular weight is 276 g/mol. The SMILES string of the molecule is Cc1cc([N+](=O)[O-])ccc1NCc1cc(C(=O)O)co1.